The molecule has 2 aliphatic heterocycles. The number of anilines is 1. The number of nitrogens with one attached hydrogen (secondary N) is 1. The molecule has 1 saturated heterocycles. The van der Waals surface area contributed by atoms with E-state index in [9.17, 15) is 9.59 Å². The van der Waals surface area contributed by atoms with Crippen LogP contribution in [0.2, 0.25) is 0 Å². The number of aromatic nitrogens is 1. The number of benzene rings is 3. The number of hydrogen-bond donors (Lipinski definition) is 1. The number of fused-ring (bicyclic) bond motifs is 4. The van der Waals surface area contributed by atoms with Gasteiger partial charge < -0.3 is 9.72 Å². The largest absolute Gasteiger partial charge is 0.494 e. The number of imide groups is 1. The molecule has 170 valence electrons. The summed E-state index contributed by atoms with van der Waals surface area (Å²) in [5, 5.41) is 1.11. The molecule has 0 aliphatic carbocycles. The minimum Gasteiger partial charge on any atom is -0.494 e. The predicted molar refractivity (Wildman–Crippen MR) is 131 cm³/mol. The van der Waals surface area contributed by atoms with Crippen molar-refractivity contribution >= 4 is 28.5 Å². The van der Waals surface area contributed by atoms with Crippen LogP contribution in [-0.4, -0.2) is 34.5 Å². The Morgan fingerprint density at radius 2 is 1.71 bits per heavy atom. The van der Waals surface area contributed by atoms with Gasteiger partial charge in [-0.2, -0.15) is 0 Å². The van der Waals surface area contributed by atoms with E-state index in [1.807, 2.05) is 44.2 Å². The first-order chi connectivity index (χ1) is 16.6. The quantitative estimate of drug-likeness (QED) is 0.425. The first kappa shape index (κ1) is 20.5. The first-order valence-electron chi connectivity index (χ1n) is 11.6. The number of amides is 3. The number of nitrogens with zero attached hydrogens (tertiary/aromatic N) is 2. The normalized spacial score (nSPS) is 19.5. The van der Waals surface area contributed by atoms with Gasteiger partial charge in [0.2, 0.25) is 0 Å². The molecule has 1 N–H and O–H groups in total. The van der Waals surface area contributed by atoms with Crippen molar-refractivity contribution in [3.63, 3.8) is 0 Å². The van der Waals surface area contributed by atoms with Crippen LogP contribution in [-0.2, 0) is 11.2 Å². The van der Waals surface area contributed by atoms with Gasteiger partial charge in [0, 0.05) is 23.0 Å². The molecule has 4 aromatic rings. The number of rotatable bonds is 4. The molecule has 0 bridgehead atoms. The minimum atomic E-state index is -0.558. The molecule has 3 amide bonds. The van der Waals surface area contributed by atoms with Gasteiger partial charge in [-0.25, -0.2) is 9.69 Å². The van der Waals surface area contributed by atoms with Gasteiger partial charge in [0.05, 0.1) is 12.3 Å². The van der Waals surface area contributed by atoms with E-state index in [1.54, 1.807) is 29.2 Å². The Morgan fingerprint density at radius 1 is 0.971 bits per heavy atom. The van der Waals surface area contributed by atoms with E-state index >= 15 is 0 Å². The van der Waals surface area contributed by atoms with Crippen molar-refractivity contribution in [3.8, 4) is 5.75 Å². The van der Waals surface area contributed by atoms with Crippen LogP contribution in [0.25, 0.3) is 10.9 Å². The Balaban J connectivity index is 1.48. The second-order valence-electron chi connectivity index (χ2n) is 8.89. The monoisotopic (exact) mass is 451 g/mol. The summed E-state index contributed by atoms with van der Waals surface area (Å²) in [6.45, 7) is 4.52. The Kier molecular flexibility index (Phi) is 4.69. The summed E-state index contributed by atoms with van der Waals surface area (Å²) >= 11 is 0. The van der Waals surface area contributed by atoms with Gasteiger partial charge in [0.1, 0.15) is 17.8 Å². The Morgan fingerprint density at radius 3 is 2.44 bits per heavy atom. The Hall–Kier alpha value is -4.06. The van der Waals surface area contributed by atoms with E-state index < -0.39 is 6.04 Å². The molecular formula is C28H25N3O3. The average Bonchev–Trinajstić information content (AvgIpc) is 3.34. The summed E-state index contributed by atoms with van der Waals surface area (Å²) in [5.41, 5.74) is 5.80. The summed E-state index contributed by atoms with van der Waals surface area (Å²) in [7, 11) is 0. The topological polar surface area (TPSA) is 65.6 Å². The SMILES string of the molecule is CCOc1ccc(N2C(=O)[C@@H]3Cc4c([nH]c5ccccc45)[C@@H](c4ccc(C)cc4)N3C2=O)cc1. The van der Waals surface area contributed by atoms with Crippen LogP contribution in [0.3, 0.4) is 0 Å². The van der Waals surface area contributed by atoms with Crippen LogP contribution in [0.4, 0.5) is 10.5 Å². The highest BCUT2D eigenvalue weighted by Crippen LogP contribution is 2.44. The fourth-order valence-electron chi connectivity index (χ4n) is 5.27. The summed E-state index contributed by atoms with van der Waals surface area (Å²) in [6, 6.07) is 22.2. The fourth-order valence-corrected chi connectivity index (χ4v) is 5.27. The maximum atomic E-state index is 13.8. The van der Waals surface area contributed by atoms with Gasteiger partial charge in [-0.05, 0) is 55.3 Å². The summed E-state index contributed by atoms with van der Waals surface area (Å²) in [4.78, 5) is 34.1. The predicted octanol–water partition coefficient (Wildman–Crippen LogP) is 5.36. The van der Waals surface area contributed by atoms with E-state index in [0.717, 1.165) is 33.3 Å². The zero-order chi connectivity index (χ0) is 23.4. The van der Waals surface area contributed by atoms with Crippen molar-refractivity contribution in [2.75, 3.05) is 11.5 Å². The van der Waals surface area contributed by atoms with E-state index in [0.29, 0.717) is 24.5 Å². The van der Waals surface area contributed by atoms with Gasteiger partial charge in [0.25, 0.3) is 5.91 Å². The van der Waals surface area contributed by atoms with Crippen molar-refractivity contribution < 1.29 is 14.3 Å². The number of ether oxygens (including phenoxy) is 1. The van der Waals surface area contributed by atoms with Crippen LogP contribution < -0.4 is 9.64 Å². The van der Waals surface area contributed by atoms with Crippen LogP contribution in [0.15, 0.2) is 72.8 Å². The van der Waals surface area contributed by atoms with Crippen LogP contribution >= 0.6 is 0 Å². The lowest BCUT2D eigenvalue weighted by Crippen LogP contribution is -2.44. The highest BCUT2D eigenvalue weighted by atomic mass is 16.5. The molecule has 6 nitrogen and oxygen atoms in total. The van der Waals surface area contributed by atoms with Gasteiger partial charge in [-0.15, -0.1) is 0 Å². The molecule has 3 aromatic carbocycles. The van der Waals surface area contributed by atoms with E-state index in [4.69, 9.17) is 4.74 Å². The standard InChI is InChI=1S/C28H25N3O3/c1-3-34-20-14-12-19(13-15-20)30-27(32)24-16-22-21-6-4-5-7-23(21)29-25(22)26(31(24)28(30)33)18-10-8-17(2)9-11-18/h4-15,24,26,29H,3,16H2,1-2H3/t24-,26+/m0/s1. The highest BCUT2D eigenvalue weighted by molar-refractivity contribution is 6.22. The summed E-state index contributed by atoms with van der Waals surface area (Å²) < 4.78 is 5.53. The van der Waals surface area contributed by atoms with Gasteiger partial charge in [0.15, 0.2) is 0 Å². The zero-order valence-corrected chi connectivity index (χ0v) is 19.1. The smallest absolute Gasteiger partial charge is 0.332 e. The lowest BCUT2D eigenvalue weighted by atomic mass is 9.88. The van der Waals surface area contributed by atoms with Crippen LogP contribution in [0.5, 0.6) is 5.75 Å². The molecule has 3 heterocycles. The molecule has 34 heavy (non-hydrogen) atoms. The molecule has 0 radical (unpaired) electrons. The molecular weight excluding hydrogens is 426 g/mol. The third-order valence-corrected chi connectivity index (χ3v) is 6.85. The van der Waals surface area contributed by atoms with Gasteiger partial charge in [-0.3, -0.25) is 9.69 Å². The van der Waals surface area contributed by atoms with E-state index in [2.05, 4.69) is 23.2 Å². The molecule has 6 rings (SSSR count). The van der Waals surface area contributed by atoms with Crippen LogP contribution in [0.1, 0.15) is 35.3 Å². The number of para-hydroxylation sites is 1. The maximum Gasteiger partial charge on any atom is 0.332 e. The lowest BCUT2D eigenvalue weighted by Gasteiger charge is -2.36. The molecule has 0 unspecified atom stereocenters. The molecule has 2 atom stereocenters. The number of aryl methyl sites for hydroxylation is 1. The molecule has 1 aromatic heterocycles. The van der Waals surface area contributed by atoms with Gasteiger partial charge >= 0.3 is 6.03 Å². The average molecular weight is 452 g/mol. The van der Waals surface area contributed by atoms with Gasteiger partial charge in [-0.1, -0.05) is 48.0 Å². The lowest BCUT2D eigenvalue weighted by molar-refractivity contribution is -0.120. The number of urea groups is 1. The summed E-state index contributed by atoms with van der Waals surface area (Å²) in [5.74, 6) is 0.518. The number of hydrogen-bond acceptors (Lipinski definition) is 3. The maximum absolute atomic E-state index is 13.8. The van der Waals surface area contributed by atoms with Crippen LogP contribution in [0, 0.1) is 6.92 Å². The third-order valence-electron chi connectivity index (χ3n) is 6.85. The fraction of sp³-hybridized carbons (Fsp3) is 0.214. The highest BCUT2D eigenvalue weighted by Gasteiger charge is 2.53. The number of aromatic amines is 1. The Labute approximate surface area is 197 Å². The zero-order valence-electron chi connectivity index (χ0n) is 19.1. The molecule has 6 heteroatoms. The van der Waals surface area contributed by atoms with Crippen molar-refractivity contribution in [2.24, 2.45) is 0 Å². The molecule has 2 aliphatic rings. The van der Waals surface area contributed by atoms with Crippen molar-refractivity contribution in [3.05, 3.63) is 95.2 Å². The second kappa shape index (κ2) is 7.76. The summed E-state index contributed by atoms with van der Waals surface area (Å²) in [6.07, 6.45) is 0.486. The van der Waals surface area contributed by atoms with Crippen molar-refractivity contribution in [1.82, 2.24) is 9.88 Å². The molecule has 1 fully saturated rings. The third kappa shape index (κ3) is 3.02. The number of carbonyl (C=O) groups is 2. The first-order valence-corrected chi connectivity index (χ1v) is 11.6. The van der Waals surface area contributed by atoms with E-state index in [-0.39, 0.29) is 18.0 Å². The minimum absolute atomic E-state index is 0.192. The molecule has 0 saturated carbocycles. The van der Waals surface area contributed by atoms with E-state index in [1.165, 1.54) is 4.90 Å². The second-order valence-corrected chi connectivity index (χ2v) is 8.89. The number of carbonyl (C=O) groups excluding carboxylic acids is 2. The van der Waals surface area contributed by atoms with Crippen molar-refractivity contribution in [1.29, 1.82) is 0 Å². The Bertz CT molecular complexity index is 1410. The number of H-pyrrole nitrogens is 1. The molecule has 0 spiro atoms. The van der Waals surface area contributed by atoms with Crippen molar-refractivity contribution in [2.45, 2.75) is 32.4 Å².